The summed E-state index contributed by atoms with van der Waals surface area (Å²) in [7, 11) is 0. The summed E-state index contributed by atoms with van der Waals surface area (Å²) < 4.78 is 4.76. The van der Waals surface area contributed by atoms with E-state index in [2.05, 4.69) is 177 Å². The fraction of sp³-hybridized carbons (Fsp3) is 0. The number of benzene rings is 8. The van der Waals surface area contributed by atoms with Crippen LogP contribution in [0.1, 0.15) is 0 Å². The highest BCUT2D eigenvalue weighted by Gasteiger charge is 2.27. The molecule has 0 spiro atoms. The highest BCUT2D eigenvalue weighted by Crippen LogP contribution is 2.48. The smallest absolute Gasteiger partial charge is 0.165 e. The number of hydrogen-bond acceptors (Lipinski definition) is 3. The molecular formula is C48H27N5. The molecule has 5 nitrogen and oxygen atoms in total. The van der Waals surface area contributed by atoms with Crippen molar-refractivity contribution in [2.45, 2.75) is 0 Å². The minimum Gasteiger partial charge on any atom is -0.308 e. The van der Waals surface area contributed by atoms with E-state index >= 15 is 0 Å². The molecule has 13 aromatic rings. The van der Waals surface area contributed by atoms with Gasteiger partial charge in [0.15, 0.2) is 11.3 Å². The average molecular weight is 674 g/mol. The number of fused-ring (bicyclic) bond motifs is 16. The monoisotopic (exact) mass is 673 g/mol. The Morgan fingerprint density at radius 2 is 0.943 bits per heavy atom. The van der Waals surface area contributed by atoms with Crippen LogP contribution >= 0.6 is 0 Å². The largest absolute Gasteiger partial charge is 0.308 e. The van der Waals surface area contributed by atoms with Crippen molar-refractivity contribution in [3.8, 4) is 0 Å². The Morgan fingerprint density at radius 1 is 0.377 bits per heavy atom. The minimum absolute atomic E-state index is 0.875. The van der Waals surface area contributed by atoms with Gasteiger partial charge in [-0.05, 0) is 64.0 Å². The summed E-state index contributed by atoms with van der Waals surface area (Å²) >= 11 is 0. The Labute approximate surface area is 301 Å². The first kappa shape index (κ1) is 27.5. The predicted molar refractivity (Wildman–Crippen MR) is 221 cm³/mol. The SMILES string of the molecule is c1ccc(N(c2ccccc2)c2cccc3c4cccc5c6nc7c(nc6n(c23)c45)c2cc3ccccc3c3c4c5ccccc5ccc4n7c23)cc1. The summed E-state index contributed by atoms with van der Waals surface area (Å²) in [6.07, 6.45) is 0. The summed E-state index contributed by atoms with van der Waals surface area (Å²) in [5.41, 5.74) is 11.5. The molecule has 0 amide bonds. The van der Waals surface area contributed by atoms with Gasteiger partial charge in [0.25, 0.3) is 0 Å². The lowest BCUT2D eigenvalue weighted by atomic mass is 9.98. The van der Waals surface area contributed by atoms with Crippen LogP contribution in [0.5, 0.6) is 0 Å². The molecule has 53 heavy (non-hydrogen) atoms. The van der Waals surface area contributed by atoms with Crippen LogP contribution in [0.3, 0.4) is 0 Å². The minimum atomic E-state index is 0.875. The second kappa shape index (κ2) is 9.75. The van der Waals surface area contributed by atoms with E-state index in [1.807, 2.05) is 0 Å². The Bertz CT molecular complexity index is 3580. The van der Waals surface area contributed by atoms with Gasteiger partial charge in [-0.1, -0.05) is 121 Å². The topological polar surface area (TPSA) is 37.8 Å². The van der Waals surface area contributed by atoms with E-state index in [0.717, 1.165) is 66.7 Å². The summed E-state index contributed by atoms with van der Waals surface area (Å²) in [4.78, 5) is 13.7. The van der Waals surface area contributed by atoms with Gasteiger partial charge < -0.3 is 4.90 Å². The molecule has 0 radical (unpaired) electrons. The molecule has 5 aromatic heterocycles. The van der Waals surface area contributed by atoms with Gasteiger partial charge in [-0.25, -0.2) is 9.97 Å². The maximum atomic E-state index is 5.69. The fourth-order valence-corrected chi connectivity index (χ4v) is 9.40. The van der Waals surface area contributed by atoms with E-state index in [1.165, 1.54) is 48.6 Å². The van der Waals surface area contributed by atoms with Crippen LogP contribution in [0.15, 0.2) is 164 Å². The van der Waals surface area contributed by atoms with Crippen molar-refractivity contribution in [2.75, 3.05) is 4.90 Å². The third-order valence-corrected chi connectivity index (χ3v) is 11.5. The highest BCUT2D eigenvalue weighted by molar-refractivity contribution is 6.35. The standard InChI is InChI=1S/C48H27N5/c1-3-15-30(16-4-1)51(31-17-5-2-6-18-31)39-24-12-22-35-34-21-11-23-36-42-48(53(44(34)36)45(35)39)50-43-37-27-29-14-8-10-20-33(29)41-40-32-19-9-7-13-28(32)25-26-38(40)52(46(37)41)47(43)49-42/h1-27H. The summed E-state index contributed by atoms with van der Waals surface area (Å²) in [6.45, 7) is 0. The Hall–Kier alpha value is -7.24. The van der Waals surface area contributed by atoms with Gasteiger partial charge in [0, 0.05) is 43.7 Å². The van der Waals surface area contributed by atoms with Crippen LogP contribution in [-0.2, 0) is 0 Å². The van der Waals surface area contributed by atoms with Gasteiger partial charge in [0.05, 0.1) is 27.8 Å². The fourth-order valence-electron chi connectivity index (χ4n) is 9.40. The molecule has 0 atom stereocenters. The van der Waals surface area contributed by atoms with Gasteiger partial charge in [-0.2, -0.15) is 0 Å². The average Bonchev–Trinajstić information content (AvgIpc) is 3.94. The first-order chi connectivity index (χ1) is 26.3. The number of para-hydroxylation sites is 4. The zero-order valence-corrected chi connectivity index (χ0v) is 28.3. The van der Waals surface area contributed by atoms with Gasteiger partial charge in [-0.3, -0.25) is 8.80 Å². The van der Waals surface area contributed by atoms with Gasteiger partial charge in [0.1, 0.15) is 11.0 Å². The lowest BCUT2D eigenvalue weighted by Gasteiger charge is -2.26. The highest BCUT2D eigenvalue weighted by atomic mass is 15.2. The van der Waals surface area contributed by atoms with E-state index in [0.29, 0.717) is 0 Å². The maximum Gasteiger partial charge on any atom is 0.165 e. The van der Waals surface area contributed by atoms with Crippen molar-refractivity contribution < 1.29 is 0 Å². The molecule has 0 bridgehead atoms. The third-order valence-electron chi connectivity index (χ3n) is 11.5. The van der Waals surface area contributed by atoms with Crippen molar-refractivity contribution in [1.82, 2.24) is 18.8 Å². The van der Waals surface area contributed by atoms with Crippen molar-refractivity contribution in [2.24, 2.45) is 0 Å². The second-order valence-electron chi connectivity index (χ2n) is 14.2. The van der Waals surface area contributed by atoms with Crippen molar-refractivity contribution >= 4 is 115 Å². The maximum absolute atomic E-state index is 5.69. The first-order valence-electron chi connectivity index (χ1n) is 18.1. The summed E-state index contributed by atoms with van der Waals surface area (Å²) in [5.74, 6) is 0. The van der Waals surface area contributed by atoms with Gasteiger partial charge in [0.2, 0.25) is 0 Å². The number of hydrogen-bond donors (Lipinski definition) is 0. The molecule has 5 heterocycles. The molecular weight excluding hydrogens is 647 g/mol. The van der Waals surface area contributed by atoms with Crippen LogP contribution in [0.2, 0.25) is 0 Å². The van der Waals surface area contributed by atoms with E-state index in [9.17, 15) is 0 Å². The van der Waals surface area contributed by atoms with Crippen LogP contribution in [0.25, 0.3) is 98.3 Å². The molecule has 0 saturated carbocycles. The first-order valence-corrected chi connectivity index (χ1v) is 18.1. The molecule has 0 unspecified atom stereocenters. The Balaban J connectivity index is 1.23. The van der Waals surface area contributed by atoms with Crippen LogP contribution in [0, 0.1) is 0 Å². The van der Waals surface area contributed by atoms with Crippen molar-refractivity contribution in [3.63, 3.8) is 0 Å². The molecule has 0 N–H and O–H groups in total. The second-order valence-corrected chi connectivity index (χ2v) is 14.2. The number of rotatable bonds is 3. The molecule has 8 aromatic carbocycles. The number of nitrogens with zero attached hydrogens (tertiary/aromatic N) is 5. The lowest BCUT2D eigenvalue weighted by Crippen LogP contribution is -2.10. The van der Waals surface area contributed by atoms with E-state index in [1.54, 1.807) is 0 Å². The lowest BCUT2D eigenvalue weighted by molar-refractivity contribution is 1.23. The third kappa shape index (κ3) is 3.37. The van der Waals surface area contributed by atoms with Crippen molar-refractivity contribution in [3.05, 3.63) is 164 Å². The summed E-state index contributed by atoms with van der Waals surface area (Å²) in [5, 5.41) is 12.1. The van der Waals surface area contributed by atoms with E-state index in [-0.39, 0.29) is 0 Å². The molecule has 0 fully saturated rings. The molecule has 244 valence electrons. The molecule has 5 heteroatoms. The van der Waals surface area contributed by atoms with Crippen LogP contribution in [0.4, 0.5) is 17.1 Å². The number of aromatic nitrogens is 4. The van der Waals surface area contributed by atoms with Gasteiger partial charge >= 0.3 is 0 Å². The Morgan fingerprint density at radius 3 is 1.70 bits per heavy atom. The molecule has 0 aliphatic carbocycles. The van der Waals surface area contributed by atoms with Crippen LogP contribution < -0.4 is 4.90 Å². The van der Waals surface area contributed by atoms with Gasteiger partial charge in [-0.15, -0.1) is 0 Å². The summed E-state index contributed by atoms with van der Waals surface area (Å²) in [6, 6.07) is 58.9. The molecule has 0 aliphatic rings. The molecule has 0 aliphatic heterocycles. The predicted octanol–water partition coefficient (Wildman–Crippen LogP) is 12.6. The van der Waals surface area contributed by atoms with Crippen LogP contribution in [-0.4, -0.2) is 18.8 Å². The quantitative estimate of drug-likeness (QED) is 0.187. The zero-order chi connectivity index (χ0) is 34.4. The van der Waals surface area contributed by atoms with Crippen molar-refractivity contribution in [1.29, 1.82) is 0 Å². The van der Waals surface area contributed by atoms with E-state index in [4.69, 9.17) is 9.97 Å². The Kier molecular flexibility index (Phi) is 5.06. The zero-order valence-electron chi connectivity index (χ0n) is 28.3. The van der Waals surface area contributed by atoms with E-state index < -0.39 is 0 Å². The molecule has 0 saturated heterocycles. The molecule has 13 rings (SSSR count). The normalized spacial score (nSPS) is 12.5. The number of anilines is 3.